The number of rotatable bonds is 9. The third-order valence-corrected chi connectivity index (χ3v) is 8.17. The van der Waals surface area contributed by atoms with Crippen LogP contribution in [0.3, 0.4) is 0 Å². The van der Waals surface area contributed by atoms with Gasteiger partial charge in [-0.1, -0.05) is 44.2 Å². The van der Waals surface area contributed by atoms with E-state index in [1.165, 1.54) is 50.5 Å². The summed E-state index contributed by atoms with van der Waals surface area (Å²) in [6, 6.07) is 8.87. The molecule has 2 bridgehead atoms. The monoisotopic (exact) mass is 441 g/mol. The molecule has 32 heavy (non-hydrogen) atoms. The van der Waals surface area contributed by atoms with E-state index < -0.39 is 6.61 Å². The van der Waals surface area contributed by atoms with Crippen LogP contribution < -0.4 is 5.73 Å². The summed E-state index contributed by atoms with van der Waals surface area (Å²) in [5.41, 5.74) is 7.30. The molecular formula is C26H39N3O3. The lowest BCUT2D eigenvalue weighted by Crippen LogP contribution is -2.47. The molecule has 0 aromatic heterocycles. The summed E-state index contributed by atoms with van der Waals surface area (Å²) >= 11 is 0. The Morgan fingerprint density at radius 2 is 1.75 bits per heavy atom. The van der Waals surface area contributed by atoms with Crippen molar-refractivity contribution in [2.24, 2.45) is 11.7 Å². The van der Waals surface area contributed by atoms with Gasteiger partial charge in [-0.3, -0.25) is 14.5 Å². The van der Waals surface area contributed by atoms with Crippen molar-refractivity contribution in [3.63, 3.8) is 0 Å². The Hall–Kier alpha value is -1.92. The molecule has 3 fully saturated rings. The Morgan fingerprint density at radius 1 is 1.03 bits per heavy atom. The van der Waals surface area contributed by atoms with Crippen LogP contribution in [-0.4, -0.2) is 65.0 Å². The Kier molecular flexibility index (Phi) is 7.84. The van der Waals surface area contributed by atoms with E-state index in [0.29, 0.717) is 30.1 Å². The lowest BCUT2D eigenvalue weighted by Gasteiger charge is -2.40. The number of aliphatic hydroxyl groups is 1. The highest BCUT2D eigenvalue weighted by atomic mass is 16.3. The Bertz CT molecular complexity index is 778. The van der Waals surface area contributed by atoms with Gasteiger partial charge in [0, 0.05) is 37.3 Å². The van der Waals surface area contributed by atoms with Crippen LogP contribution in [0.1, 0.15) is 86.0 Å². The predicted molar refractivity (Wildman–Crippen MR) is 125 cm³/mol. The van der Waals surface area contributed by atoms with Gasteiger partial charge in [-0.25, -0.2) is 0 Å². The molecule has 2 unspecified atom stereocenters. The molecule has 2 atom stereocenters. The maximum absolute atomic E-state index is 12.4. The molecule has 0 radical (unpaired) electrons. The average Bonchev–Trinajstić information content (AvgIpc) is 3.05. The minimum Gasteiger partial charge on any atom is -0.387 e. The van der Waals surface area contributed by atoms with Crippen molar-refractivity contribution < 1.29 is 14.7 Å². The Labute approximate surface area is 192 Å². The third-order valence-electron chi connectivity index (χ3n) is 8.17. The first kappa shape index (κ1) is 23.2. The number of hydrogen-bond donors (Lipinski definition) is 2. The molecule has 2 amide bonds. The first-order valence-electron chi connectivity index (χ1n) is 12.6. The van der Waals surface area contributed by atoms with Crippen molar-refractivity contribution in [3.8, 4) is 0 Å². The first-order chi connectivity index (χ1) is 15.5. The van der Waals surface area contributed by atoms with Gasteiger partial charge in [-0.2, -0.15) is 0 Å². The van der Waals surface area contributed by atoms with Crippen LogP contribution in [0.4, 0.5) is 0 Å². The molecule has 4 rings (SSSR count). The molecule has 6 heteroatoms. The van der Waals surface area contributed by atoms with E-state index in [-0.39, 0.29) is 11.8 Å². The molecule has 1 aromatic carbocycles. The quantitative estimate of drug-likeness (QED) is 0.616. The van der Waals surface area contributed by atoms with Gasteiger partial charge in [0.05, 0.1) is 0 Å². The van der Waals surface area contributed by atoms with E-state index in [0.717, 1.165) is 38.3 Å². The van der Waals surface area contributed by atoms with Crippen molar-refractivity contribution >= 4 is 11.8 Å². The van der Waals surface area contributed by atoms with Gasteiger partial charge in [-0.15, -0.1) is 0 Å². The van der Waals surface area contributed by atoms with E-state index >= 15 is 0 Å². The fourth-order valence-corrected chi connectivity index (χ4v) is 6.37. The number of carbonyl (C=O) groups excluding carboxylic acids is 2. The molecule has 3 N–H and O–H groups in total. The van der Waals surface area contributed by atoms with Crippen LogP contribution in [0.5, 0.6) is 0 Å². The number of benzene rings is 1. The number of nitrogens with zero attached hydrogens (tertiary/aromatic N) is 2. The van der Waals surface area contributed by atoms with Crippen molar-refractivity contribution in [2.45, 2.75) is 82.2 Å². The van der Waals surface area contributed by atoms with Gasteiger partial charge in [0.1, 0.15) is 6.61 Å². The molecule has 1 aliphatic carbocycles. The van der Waals surface area contributed by atoms with Crippen LogP contribution in [0.2, 0.25) is 0 Å². The molecule has 2 aliphatic heterocycles. The summed E-state index contributed by atoms with van der Waals surface area (Å²) in [6.45, 7) is 1.98. The fraction of sp³-hybridized carbons (Fsp3) is 0.692. The van der Waals surface area contributed by atoms with Gasteiger partial charge >= 0.3 is 0 Å². The van der Waals surface area contributed by atoms with Crippen LogP contribution in [-0.2, 0) is 4.79 Å². The van der Waals surface area contributed by atoms with Crippen LogP contribution >= 0.6 is 0 Å². The zero-order valence-corrected chi connectivity index (χ0v) is 19.3. The Balaban J connectivity index is 1.33. The molecule has 0 spiro atoms. The molecule has 2 saturated heterocycles. The largest absolute Gasteiger partial charge is 0.387 e. The van der Waals surface area contributed by atoms with Crippen molar-refractivity contribution in [1.82, 2.24) is 9.80 Å². The second-order valence-electron chi connectivity index (χ2n) is 10.1. The summed E-state index contributed by atoms with van der Waals surface area (Å²) in [5.74, 6) is 0.700. The van der Waals surface area contributed by atoms with E-state index in [2.05, 4.69) is 11.0 Å². The van der Waals surface area contributed by atoms with Crippen molar-refractivity contribution in [1.29, 1.82) is 0 Å². The number of fused-ring (bicyclic) bond motifs is 2. The highest BCUT2D eigenvalue weighted by Crippen LogP contribution is 2.43. The standard InChI is InChI=1S/C26H39N3O3/c27-26(32)21-8-4-7-20(15-21)22-16-23-9-10-24(17-22)29(23)14-13-28(25(31)18-30)12-11-19-5-2-1-3-6-19/h4,7-8,15,19,22-24,30H,1-3,5-6,9-14,16-18H2,(H2,27,32). The average molecular weight is 442 g/mol. The Morgan fingerprint density at radius 3 is 2.41 bits per heavy atom. The van der Waals surface area contributed by atoms with Crippen LogP contribution in [0.25, 0.3) is 0 Å². The molecule has 1 aromatic rings. The van der Waals surface area contributed by atoms with Crippen LogP contribution in [0.15, 0.2) is 24.3 Å². The zero-order valence-electron chi connectivity index (χ0n) is 19.3. The highest BCUT2D eigenvalue weighted by molar-refractivity contribution is 5.92. The zero-order chi connectivity index (χ0) is 22.5. The van der Waals surface area contributed by atoms with Gasteiger partial charge in [0.2, 0.25) is 11.8 Å². The highest BCUT2D eigenvalue weighted by Gasteiger charge is 2.41. The second-order valence-corrected chi connectivity index (χ2v) is 10.1. The van der Waals surface area contributed by atoms with Gasteiger partial charge in [-0.05, 0) is 61.6 Å². The van der Waals surface area contributed by atoms with Gasteiger partial charge < -0.3 is 15.7 Å². The SMILES string of the molecule is NC(=O)c1cccc(C2CC3CCC(C2)N3CCN(CCC2CCCCC2)C(=O)CO)c1. The van der Waals surface area contributed by atoms with E-state index in [9.17, 15) is 14.7 Å². The van der Waals surface area contributed by atoms with Gasteiger partial charge in [0.25, 0.3) is 0 Å². The number of aliphatic hydroxyl groups excluding tert-OH is 1. The molecule has 6 nitrogen and oxygen atoms in total. The molecular weight excluding hydrogens is 402 g/mol. The third kappa shape index (κ3) is 5.52. The number of primary amides is 1. The van der Waals surface area contributed by atoms with E-state index in [1.54, 1.807) is 6.07 Å². The summed E-state index contributed by atoms with van der Waals surface area (Å²) in [6.07, 6.45) is 12.2. The minimum absolute atomic E-state index is 0.133. The van der Waals surface area contributed by atoms with E-state index in [4.69, 9.17) is 5.73 Å². The summed E-state index contributed by atoms with van der Waals surface area (Å²) in [5, 5.41) is 9.48. The van der Waals surface area contributed by atoms with Gasteiger partial charge in [0.15, 0.2) is 0 Å². The van der Waals surface area contributed by atoms with Crippen molar-refractivity contribution in [2.75, 3.05) is 26.2 Å². The lowest BCUT2D eigenvalue weighted by molar-refractivity contribution is -0.134. The summed E-state index contributed by atoms with van der Waals surface area (Å²) < 4.78 is 0. The second kappa shape index (κ2) is 10.8. The number of amides is 2. The molecule has 3 aliphatic rings. The number of nitrogens with two attached hydrogens (primary N) is 1. The fourth-order valence-electron chi connectivity index (χ4n) is 6.37. The first-order valence-corrected chi connectivity index (χ1v) is 12.6. The maximum Gasteiger partial charge on any atom is 0.248 e. The predicted octanol–water partition coefficient (Wildman–Crippen LogP) is 3.29. The van der Waals surface area contributed by atoms with E-state index in [1.807, 2.05) is 17.0 Å². The molecule has 176 valence electrons. The topological polar surface area (TPSA) is 86.9 Å². The number of carbonyl (C=O) groups is 2. The molecule has 2 heterocycles. The summed E-state index contributed by atoms with van der Waals surface area (Å²) in [4.78, 5) is 28.5. The maximum atomic E-state index is 12.4. The number of hydrogen-bond acceptors (Lipinski definition) is 4. The molecule has 1 saturated carbocycles. The number of piperidine rings is 1. The smallest absolute Gasteiger partial charge is 0.248 e. The lowest BCUT2D eigenvalue weighted by atomic mass is 9.84. The van der Waals surface area contributed by atoms with Crippen molar-refractivity contribution in [3.05, 3.63) is 35.4 Å². The minimum atomic E-state index is -0.393. The normalized spacial score (nSPS) is 26.2. The summed E-state index contributed by atoms with van der Waals surface area (Å²) in [7, 11) is 0. The van der Waals surface area contributed by atoms with Crippen LogP contribution in [0, 0.1) is 5.92 Å².